The van der Waals surface area contributed by atoms with Crippen molar-refractivity contribution in [3.8, 4) is 5.75 Å². The number of methoxy groups -OCH3 is 1. The molecule has 0 atom stereocenters. The molecule has 0 aromatic heterocycles. The smallest absolute Gasteiger partial charge is 0.266 e. The zero-order chi connectivity index (χ0) is 18.2. The average molecular weight is 360 g/mol. The number of fused-ring (bicyclic) bond motifs is 1. The van der Waals surface area contributed by atoms with Crippen molar-refractivity contribution in [1.29, 1.82) is 0 Å². The van der Waals surface area contributed by atoms with Gasteiger partial charge < -0.3 is 15.2 Å². The highest BCUT2D eigenvalue weighted by molar-refractivity contribution is 7.89. The molecule has 0 spiro atoms. The Kier molecular flexibility index (Phi) is 4.13. The molecule has 0 unspecified atom stereocenters. The second kappa shape index (κ2) is 6.14. The molecule has 0 radical (unpaired) electrons. The monoisotopic (exact) mass is 360 g/mol. The van der Waals surface area contributed by atoms with Crippen molar-refractivity contribution in [3.05, 3.63) is 60.0 Å². The van der Waals surface area contributed by atoms with E-state index in [9.17, 15) is 18.3 Å². The lowest BCUT2D eigenvalue weighted by Crippen LogP contribution is -2.34. The van der Waals surface area contributed by atoms with Crippen LogP contribution in [-0.4, -0.2) is 37.9 Å². The Balaban J connectivity index is 2.09. The normalized spacial score (nSPS) is 15.5. The Hall–Kier alpha value is -3.00. The summed E-state index contributed by atoms with van der Waals surface area (Å²) in [5, 5.41) is 13.0. The number of hydrogen-bond acceptors (Lipinski definition) is 5. The highest BCUT2D eigenvalue weighted by Gasteiger charge is 2.37. The third kappa shape index (κ3) is 2.70. The van der Waals surface area contributed by atoms with Crippen LogP contribution in [0.25, 0.3) is 5.57 Å². The number of nitrogens with zero attached hydrogens (tertiary/aromatic N) is 1. The maximum absolute atomic E-state index is 12.8. The van der Waals surface area contributed by atoms with Gasteiger partial charge in [0.15, 0.2) is 0 Å². The molecule has 0 fully saturated rings. The van der Waals surface area contributed by atoms with Gasteiger partial charge in [-0.05, 0) is 18.2 Å². The zero-order valence-electron chi connectivity index (χ0n) is 13.6. The number of anilines is 1. The minimum atomic E-state index is -3.90. The fourth-order valence-corrected chi connectivity index (χ4v) is 3.91. The molecule has 2 aromatic carbocycles. The Morgan fingerprint density at radius 2 is 1.76 bits per heavy atom. The SMILES string of the molecule is COc1ccccc1NC(=O)C1=C(O)N(C)S(=O)(=O)c2ccccc21. The second-order valence-corrected chi connectivity index (χ2v) is 7.26. The van der Waals surface area contributed by atoms with Crippen LogP contribution in [0.3, 0.4) is 0 Å². The number of aliphatic hydroxyl groups is 1. The van der Waals surface area contributed by atoms with Crippen molar-refractivity contribution in [2.45, 2.75) is 4.90 Å². The molecule has 1 aliphatic heterocycles. The number of rotatable bonds is 3. The van der Waals surface area contributed by atoms with Gasteiger partial charge in [-0.3, -0.25) is 4.79 Å². The van der Waals surface area contributed by atoms with Gasteiger partial charge in [0.05, 0.1) is 17.7 Å². The van der Waals surface area contributed by atoms with Gasteiger partial charge in [0.25, 0.3) is 15.9 Å². The Labute approximate surface area is 145 Å². The molecule has 1 amide bonds. The number of benzene rings is 2. The van der Waals surface area contributed by atoms with Crippen molar-refractivity contribution in [2.75, 3.05) is 19.5 Å². The summed E-state index contributed by atoms with van der Waals surface area (Å²) in [4.78, 5) is 12.7. The van der Waals surface area contributed by atoms with Crippen LogP contribution in [0.2, 0.25) is 0 Å². The number of nitrogens with one attached hydrogen (secondary N) is 1. The van der Waals surface area contributed by atoms with Gasteiger partial charge in [0.1, 0.15) is 11.3 Å². The summed E-state index contributed by atoms with van der Waals surface area (Å²) in [6.45, 7) is 0. The van der Waals surface area contributed by atoms with Gasteiger partial charge in [0, 0.05) is 12.6 Å². The molecule has 0 aliphatic carbocycles. The van der Waals surface area contributed by atoms with Crippen LogP contribution < -0.4 is 10.1 Å². The zero-order valence-corrected chi connectivity index (χ0v) is 14.4. The number of para-hydroxylation sites is 2. The maximum atomic E-state index is 12.8. The van der Waals surface area contributed by atoms with Crippen LogP contribution in [-0.2, 0) is 14.8 Å². The molecule has 2 aromatic rings. The minimum absolute atomic E-state index is 0.0412. The first-order valence-electron chi connectivity index (χ1n) is 7.34. The Morgan fingerprint density at radius 1 is 1.12 bits per heavy atom. The standard InChI is InChI=1S/C17H16N2O5S/c1-19-17(21)15(11-7-3-6-10-14(11)25(19,22)23)16(20)18-12-8-4-5-9-13(12)24-2/h3-10,21H,1-2H3,(H,18,20). The summed E-state index contributed by atoms with van der Waals surface area (Å²) in [6, 6.07) is 12.8. The fraction of sp³-hybridized carbons (Fsp3) is 0.118. The molecular formula is C17H16N2O5S. The van der Waals surface area contributed by atoms with Gasteiger partial charge in [-0.1, -0.05) is 30.3 Å². The number of carbonyl (C=O) groups is 1. The molecule has 2 N–H and O–H groups in total. The summed E-state index contributed by atoms with van der Waals surface area (Å²) >= 11 is 0. The summed E-state index contributed by atoms with van der Waals surface area (Å²) in [6.07, 6.45) is 0. The number of ether oxygens (including phenoxy) is 1. The van der Waals surface area contributed by atoms with E-state index in [1.807, 2.05) is 0 Å². The third-order valence-corrected chi connectivity index (χ3v) is 5.70. The van der Waals surface area contributed by atoms with Crippen LogP contribution in [0.1, 0.15) is 5.56 Å². The van der Waals surface area contributed by atoms with Gasteiger partial charge in [-0.2, -0.15) is 0 Å². The van der Waals surface area contributed by atoms with E-state index in [-0.39, 0.29) is 16.0 Å². The van der Waals surface area contributed by atoms with Crippen molar-refractivity contribution in [2.24, 2.45) is 0 Å². The molecule has 130 valence electrons. The van der Waals surface area contributed by atoms with Crippen molar-refractivity contribution in [1.82, 2.24) is 4.31 Å². The Morgan fingerprint density at radius 3 is 2.48 bits per heavy atom. The summed E-state index contributed by atoms with van der Waals surface area (Å²) in [5.74, 6) is -0.830. The molecule has 0 saturated heterocycles. The molecule has 8 heteroatoms. The van der Waals surface area contributed by atoms with Crippen LogP contribution in [0.5, 0.6) is 5.75 Å². The number of hydrogen-bond donors (Lipinski definition) is 2. The van der Waals surface area contributed by atoms with Crippen molar-refractivity contribution >= 4 is 27.2 Å². The van der Waals surface area contributed by atoms with Gasteiger partial charge in [-0.15, -0.1) is 0 Å². The summed E-state index contributed by atoms with van der Waals surface area (Å²) in [5.41, 5.74) is 0.424. The van der Waals surface area contributed by atoms with Gasteiger partial charge >= 0.3 is 0 Å². The van der Waals surface area contributed by atoms with E-state index in [1.165, 1.54) is 26.3 Å². The molecule has 0 saturated carbocycles. The number of amides is 1. The molecule has 7 nitrogen and oxygen atoms in total. The van der Waals surface area contributed by atoms with Crippen LogP contribution in [0.15, 0.2) is 59.3 Å². The van der Waals surface area contributed by atoms with E-state index in [4.69, 9.17) is 4.74 Å². The predicted molar refractivity (Wildman–Crippen MR) is 92.6 cm³/mol. The topological polar surface area (TPSA) is 95.9 Å². The van der Waals surface area contributed by atoms with Crippen molar-refractivity contribution in [3.63, 3.8) is 0 Å². The van der Waals surface area contributed by atoms with Crippen LogP contribution >= 0.6 is 0 Å². The summed E-state index contributed by atoms with van der Waals surface area (Å²) < 4.78 is 30.7. The van der Waals surface area contributed by atoms with E-state index < -0.39 is 21.8 Å². The lowest BCUT2D eigenvalue weighted by Gasteiger charge is -2.27. The first-order chi connectivity index (χ1) is 11.9. The first-order valence-corrected chi connectivity index (χ1v) is 8.78. The Bertz CT molecular complexity index is 982. The first kappa shape index (κ1) is 16.8. The van der Waals surface area contributed by atoms with E-state index in [1.54, 1.807) is 36.4 Å². The molecule has 0 bridgehead atoms. The quantitative estimate of drug-likeness (QED) is 0.875. The molecule has 1 aliphatic rings. The molecule has 3 rings (SSSR count). The van der Waals surface area contributed by atoms with Gasteiger partial charge in [-0.25, -0.2) is 12.7 Å². The number of aliphatic hydroxyl groups excluding tert-OH is 1. The molecular weight excluding hydrogens is 344 g/mol. The lowest BCUT2D eigenvalue weighted by molar-refractivity contribution is -0.111. The maximum Gasteiger partial charge on any atom is 0.266 e. The predicted octanol–water partition coefficient (Wildman–Crippen LogP) is 2.19. The lowest BCUT2D eigenvalue weighted by atomic mass is 10.0. The highest BCUT2D eigenvalue weighted by Crippen LogP contribution is 2.35. The van der Waals surface area contributed by atoms with E-state index >= 15 is 0 Å². The van der Waals surface area contributed by atoms with Crippen molar-refractivity contribution < 1.29 is 23.1 Å². The molecule has 25 heavy (non-hydrogen) atoms. The van der Waals surface area contributed by atoms with E-state index in [2.05, 4.69) is 5.32 Å². The average Bonchev–Trinajstić information content (AvgIpc) is 2.61. The van der Waals surface area contributed by atoms with Gasteiger partial charge in [0.2, 0.25) is 5.88 Å². The fourth-order valence-electron chi connectivity index (χ4n) is 2.59. The van der Waals surface area contributed by atoms with Crippen LogP contribution in [0, 0.1) is 0 Å². The largest absolute Gasteiger partial charge is 0.495 e. The third-order valence-electron chi connectivity index (χ3n) is 3.90. The second-order valence-electron chi connectivity index (χ2n) is 5.32. The molecule has 1 heterocycles. The minimum Gasteiger partial charge on any atom is -0.495 e. The van der Waals surface area contributed by atoms with E-state index in [0.29, 0.717) is 15.7 Å². The number of sulfonamides is 1. The number of carbonyl (C=O) groups excluding carboxylic acids is 1. The highest BCUT2D eigenvalue weighted by atomic mass is 32.2. The van der Waals surface area contributed by atoms with E-state index in [0.717, 1.165) is 0 Å². The summed E-state index contributed by atoms with van der Waals surface area (Å²) in [7, 11) is -1.24. The van der Waals surface area contributed by atoms with Crippen LogP contribution in [0.4, 0.5) is 5.69 Å².